The molecule has 0 atom stereocenters. The van der Waals surface area contributed by atoms with Crippen molar-refractivity contribution >= 4 is 6.16 Å². The van der Waals surface area contributed by atoms with Crippen LogP contribution in [-0.2, 0) is 0 Å². The summed E-state index contributed by atoms with van der Waals surface area (Å²) in [7, 11) is 0. The molecule has 0 aromatic heterocycles. The second-order valence-corrected chi connectivity index (χ2v) is 4.76. The standard InChI is InChI=1S/C21H18O3/c1-3-5-11-17-13-7-9-15-19(17)23-21(22)24-20-16-10-8-14-18(20)12-6-4-2/h7-10,13-16H,3-4H2,1-2H3. The number of hydrogen-bond acceptors (Lipinski definition) is 3. The highest BCUT2D eigenvalue weighted by atomic mass is 16.7. The first kappa shape index (κ1) is 17.2. The van der Waals surface area contributed by atoms with Crippen molar-refractivity contribution in [1.29, 1.82) is 0 Å². The first-order valence-electron chi connectivity index (χ1n) is 7.80. The fraction of sp³-hybridized carbons (Fsp3) is 0.190. The highest BCUT2D eigenvalue weighted by Crippen LogP contribution is 2.20. The van der Waals surface area contributed by atoms with Gasteiger partial charge in [-0.25, -0.2) is 4.79 Å². The van der Waals surface area contributed by atoms with Crippen LogP contribution in [0.15, 0.2) is 48.5 Å². The maximum absolute atomic E-state index is 12.1. The van der Waals surface area contributed by atoms with E-state index >= 15 is 0 Å². The first-order valence-corrected chi connectivity index (χ1v) is 7.80. The zero-order valence-electron chi connectivity index (χ0n) is 13.8. The second kappa shape index (κ2) is 9.08. The largest absolute Gasteiger partial charge is 0.519 e. The number of hydrogen-bond donors (Lipinski definition) is 0. The van der Waals surface area contributed by atoms with E-state index in [0.717, 1.165) is 12.8 Å². The zero-order valence-corrected chi connectivity index (χ0v) is 13.8. The highest BCUT2D eigenvalue weighted by Gasteiger charge is 2.12. The number of para-hydroxylation sites is 2. The molecule has 3 heteroatoms. The van der Waals surface area contributed by atoms with Crippen molar-refractivity contribution in [3.8, 4) is 35.2 Å². The summed E-state index contributed by atoms with van der Waals surface area (Å²) >= 11 is 0. The van der Waals surface area contributed by atoms with Gasteiger partial charge in [0, 0.05) is 12.8 Å². The average Bonchev–Trinajstić information content (AvgIpc) is 2.60. The van der Waals surface area contributed by atoms with Crippen molar-refractivity contribution in [2.45, 2.75) is 26.7 Å². The zero-order chi connectivity index (χ0) is 17.2. The molecule has 0 radical (unpaired) electrons. The van der Waals surface area contributed by atoms with E-state index in [0.29, 0.717) is 22.6 Å². The van der Waals surface area contributed by atoms with Gasteiger partial charge in [0.25, 0.3) is 0 Å². The van der Waals surface area contributed by atoms with Gasteiger partial charge < -0.3 is 9.47 Å². The molecule has 0 bridgehead atoms. The van der Waals surface area contributed by atoms with E-state index in [4.69, 9.17) is 9.47 Å². The predicted molar refractivity (Wildman–Crippen MR) is 93.9 cm³/mol. The average molecular weight is 318 g/mol. The smallest absolute Gasteiger partial charge is 0.393 e. The van der Waals surface area contributed by atoms with E-state index in [1.807, 2.05) is 26.0 Å². The fourth-order valence-corrected chi connectivity index (χ4v) is 1.89. The summed E-state index contributed by atoms with van der Waals surface area (Å²) in [4.78, 5) is 12.1. The Bertz CT molecular complexity index is 760. The maximum Gasteiger partial charge on any atom is 0.519 e. The Morgan fingerprint density at radius 3 is 1.62 bits per heavy atom. The van der Waals surface area contributed by atoms with E-state index in [1.54, 1.807) is 36.4 Å². The summed E-state index contributed by atoms with van der Waals surface area (Å²) in [6, 6.07) is 14.2. The summed E-state index contributed by atoms with van der Waals surface area (Å²) in [6.07, 6.45) is 0.635. The highest BCUT2D eigenvalue weighted by molar-refractivity contribution is 5.69. The van der Waals surface area contributed by atoms with E-state index < -0.39 is 6.16 Å². The molecule has 120 valence electrons. The molecule has 0 fully saturated rings. The van der Waals surface area contributed by atoms with Gasteiger partial charge in [-0.2, -0.15) is 0 Å². The first-order chi connectivity index (χ1) is 11.7. The number of benzene rings is 2. The second-order valence-electron chi connectivity index (χ2n) is 4.76. The molecule has 3 nitrogen and oxygen atoms in total. The van der Waals surface area contributed by atoms with Gasteiger partial charge in [-0.15, -0.1) is 0 Å². The van der Waals surface area contributed by atoms with Crippen molar-refractivity contribution in [1.82, 2.24) is 0 Å². The third-order valence-corrected chi connectivity index (χ3v) is 2.96. The minimum Gasteiger partial charge on any atom is -0.393 e. The van der Waals surface area contributed by atoms with Crippen molar-refractivity contribution < 1.29 is 14.3 Å². The van der Waals surface area contributed by atoms with Gasteiger partial charge in [0.1, 0.15) is 11.5 Å². The molecule has 0 N–H and O–H groups in total. The summed E-state index contributed by atoms with van der Waals surface area (Å²) in [5.41, 5.74) is 1.30. The Kier molecular flexibility index (Phi) is 6.50. The van der Waals surface area contributed by atoms with Crippen molar-refractivity contribution in [3.05, 3.63) is 59.7 Å². The van der Waals surface area contributed by atoms with Crippen LogP contribution in [0.4, 0.5) is 4.79 Å². The van der Waals surface area contributed by atoms with Gasteiger partial charge in [-0.05, 0) is 24.3 Å². The normalized spacial score (nSPS) is 9.08. The van der Waals surface area contributed by atoms with Crippen LogP contribution >= 0.6 is 0 Å². The van der Waals surface area contributed by atoms with Crippen molar-refractivity contribution in [3.63, 3.8) is 0 Å². The van der Waals surface area contributed by atoms with Crippen molar-refractivity contribution in [2.24, 2.45) is 0 Å². The topological polar surface area (TPSA) is 35.5 Å². The number of carbonyl (C=O) groups excluding carboxylic acids is 1. The molecule has 0 spiro atoms. The van der Waals surface area contributed by atoms with E-state index in [-0.39, 0.29) is 0 Å². The quantitative estimate of drug-likeness (QED) is 0.454. The Labute approximate surface area is 142 Å². The molecule has 0 aliphatic carbocycles. The SMILES string of the molecule is CCC#Cc1ccccc1OC(=O)Oc1ccccc1C#CCC. The number of carbonyl (C=O) groups is 1. The molecule has 0 aliphatic heterocycles. The van der Waals surface area contributed by atoms with Gasteiger partial charge in [-0.3, -0.25) is 0 Å². The molecule has 0 saturated carbocycles. The van der Waals surface area contributed by atoms with Crippen LogP contribution in [-0.4, -0.2) is 6.16 Å². The van der Waals surface area contributed by atoms with Crippen LogP contribution in [0.1, 0.15) is 37.8 Å². The fourth-order valence-electron chi connectivity index (χ4n) is 1.89. The molecule has 2 rings (SSSR count). The lowest BCUT2D eigenvalue weighted by Crippen LogP contribution is -2.15. The van der Waals surface area contributed by atoms with E-state index in [1.165, 1.54) is 0 Å². The van der Waals surface area contributed by atoms with Gasteiger partial charge >= 0.3 is 6.16 Å². The predicted octanol–water partition coefficient (Wildman–Crippen LogP) is 4.79. The molecule has 0 amide bonds. The van der Waals surface area contributed by atoms with Crippen LogP contribution < -0.4 is 9.47 Å². The van der Waals surface area contributed by atoms with Gasteiger partial charge in [0.05, 0.1) is 11.1 Å². The molecular formula is C21H18O3. The van der Waals surface area contributed by atoms with E-state index in [9.17, 15) is 4.79 Å². The summed E-state index contributed by atoms with van der Waals surface area (Å²) < 4.78 is 10.6. The monoisotopic (exact) mass is 318 g/mol. The van der Waals surface area contributed by atoms with Crippen LogP contribution in [0, 0.1) is 23.7 Å². The minimum absolute atomic E-state index is 0.376. The van der Waals surface area contributed by atoms with E-state index in [2.05, 4.69) is 23.7 Å². The lowest BCUT2D eigenvalue weighted by atomic mass is 10.2. The number of rotatable bonds is 2. The van der Waals surface area contributed by atoms with Gasteiger partial charge in [0.2, 0.25) is 0 Å². The third-order valence-electron chi connectivity index (χ3n) is 2.96. The van der Waals surface area contributed by atoms with Crippen LogP contribution in [0.25, 0.3) is 0 Å². The molecule has 2 aromatic carbocycles. The molecule has 0 aliphatic rings. The van der Waals surface area contributed by atoms with Gasteiger partial charge in [-0.1, -0.05) is 61.8 Å². The molecular weight excluding hydrogens is 300 g/mol. The lowest BCUT2D eigenvalue weighted by molar-refractivity contribution is 0.151. The lowest BCUT2D eigenvalue weighted by Gasteiger charge is -2.08. The van der Waals surface area contributed by atoms with Crippen LogP contribution in [0.5, 0.6) is 11.5 Å². The van der Waals surface area contributed by atoms with Crippen LogP contribution in [0.2, 0.25) is 0 Å². The Balaban J connectivity index is 2.15. The molecule has 2 aromatic rings. The number of ether oxygens (including phenoxy) is 2. The summed E-state index contributed by atoms with van der Waals surface area (Å²) in [5.74, 6) is 12.6. The van der Waals surface area contributed by atoms with Gasteiger partial charge in [0.15, 0.2) is 0 Å². The van der Waals surface area contributed by atoms with Crippen molar-refractivity contribution in [2.75, 3.05) is 0 Å². The third kappa shape index (κ3) is 4.93. The molecule has 0 saturated heterocycles. The molecule has 24 heavy (non-hydrogen) atoms. The molecule has 0 heterocycles. The van der Waals surface area contributed by atoms with Crippen LogP contribution in [0.3, 0.4) is 0 Å². The minimum atomic E-state index is -0.813. The Morgan fingerprint density at radius 1 is 0.792 bits per heavy atom. The Hall–Kier alpha value is -3.17. The maximum atomic E-state index is 12.1. The summed E-state index contributed by atoms with van der Waals surface area (Å²) in [6.45, 7) is 3.91. The Morgan fingerprint density at radius 2 is 1.21 bits per heavy atom. The molecule has 0 unspecified atom stereocenters. The summed E-state index contributed by atoms with van der Waals surface area (Å²) in [5, 5.41) is 0.